The third kappa shape index (κ3) is 4.70. The molecule has 1 aliphatic rings. The molecule has 1 amide bonds. The summed E-state index contributed by atoms with van der Waals surface area (Å²) in [6, 6.07) is -1.07. The maximum atomic E-state index is 12.4. The zero-order valence-corrected chi connectivity index (χ0v) is 12.6. The zero-order chi connectivity index (χ0) is 15.9. The number of esters is 1. The maximum absolute atomic E-state index is 12.4. The molecule has 0 saturated carbocycles. The van der Waals surface area contributed by atoms with Crippen molar-refractivity contribution < 1.29 is 24.2 Å². The van der Waals surface area contributed by atoms with E-state index in [0.717, 1.165) is 19.4 Å². The van der Waals surface area contributed by atoms with Crippen LogP contribution in [0, 0.1) is 5.41 Å². The molecule has 120 valence electrons. The molecule has 7 nitrogen and oxygen atoms in total. The van der Waals surface area contributed by atoms with E-state index in [1.54, 1.807) is 0 Å². The lowest BCUT2D eigenvalue weighted by atomic mass is 9.77. The molecule has 7 heteroatoms. The fourth-order valence-corrected chi connectivity index (χ4v) is 2.56. The first-order valence-electron chi connectivity index (χ1n) is 7.26. The Hall–Kier alpha value is -1.63. The number of aliphatic carboxylic acids is 1. The Labute approximate surface area is 124 Å². The summed E-state index contributed by atoms with van der Waals surface area (Å²) in [6.45, 7) is 3.36. The molecule has 1 rings (SSSR count). The number of nitrogens with one attached hydrogen (secondary N) is 2. The number of hydrogen-bond donors (Lipinski definition) is 3. The molecule has 1 unspecified atom stereocenters. The average molecular weight is 300 g/mol. The minimum absolute atomic E-state index is 0.0287. The van der Waals surface area contributed by atoms with E-state index in [1.165, 1.54) is 7.11 Å². The predicted molar refractivity (Wildman–Crippen MR) is 75.6 cm³/mol. The largest absolute Gasteiger partial charge is 0.480 e. The maximum Gasteiger partial charge on any atom is 0.326 e. The molecular weight excluding hydrogens is 276 g/mol. The number of ether oxygens (including phenoxy) is 1. The summed E-state index contributed by atoms with van der Waals surface area (Å²) >= 11 is 0. The molecule has 0 aliphatic carbocycles. The van der Waals surface area contributed by atoms with E-state index in [1.807, 2.05) is 6.92 Å². The Kier molecular flexibility index (Phi) is 6.61. The van der Waals surface area contributed by atoms with E-state index >= 15 is 0 Å². The number of carboxylic acid groups (broad SMARTS) is 1. The van der Waals surface area contributed by atoms with Crippen molar-refractivity contribution in [2.45, 2.75) is 45.1 Å². The zero-order valence-electron chi connectivity index (χ0n) is 12.6. The minimum Gasteiger partial charge on any atom is -0.480 e. The minimum atomic E-state index is -1.14. The Morgan fingerprint density at radius 1 is 1.43 bits per heavy atom. The van der Waals surface area contributed by atoms with E-state index < -0.39 is 23.4 Å². The Morgan fingerprint density at radius 2 is 2.14 bits per heavy atom. The van der Waals surface area contributed by atoms with Gasteiger partial charge in [0.25, 0.3) is 0 Å². The summed E-state index contributed by atoms with van der Waals surface area (Å²) in [6.07, 6.45) is 2.27. The number of amides is 1. The lowest BCUT2D eigenvalue weighted by molar-refractivity contribution is -0.146. The van der Waals surface area contributed by atoms with Gasteiger partial charge in [0.2, 0.25) is 5.91 Å². The number of piperidine rings is 1. The third-order valence-electron chi connectivity index (χ3n) is 4.10. The monoisotopic (exact) mass is 300 g/mol. The van der Waals surface area contributed by atoms with Crippen LogP contribution in [0.1, 0.15) is 39.0 Å². The normalized spacial score (nSPS) is 23.1. The summed E-state index contributed by atoms with van der Waals surface area (Å²) < 4.78 is 4.49. The van der Waals surface area contributed by atoms with Crippen molar-refractivity contribution in [2.75, 3.05) is 20.2 Å². The van der Waals surface area contributed by atoms with Crippen LogP contribution in [0.2, 0.25) is 0 Å². The Bertz CT molecular complexity index is 391. The number of carbonyl (C=O) groups excluding carboxylic acids is 2. The van der Waals surface area contributed by atoms with E-state index in [-0.39, 0.29) is 18.7 Å². The summed E-state index contributed by atoms with van der Waals surface area (Å²) in [7, 11) is 1.25. The van der Waals surface area contributed by atoms with Crippen LogP contribution in [-0.2, 0) is 19.1 Å². The molecule has 1 aliphatic heterocycles. The molecule has 1 fully saturated rings. The van der Waals surface area contributed by atoms with E-state index in [0.29, 0.717) is 13.0 Å². The van der Waals surface area contributed by atoms with Gasteiger partial charge >= 0.3 is 11.9 Å². The second kappa shape index (κ2) is 7.97. The fourth-order valence-electron chi connectivity index (χ4n) is 2.56. The van der Waals surface area contributed by atoms with Crippen LogP contribution >= 0.6 is 0 Å². The Balaban J connectivity index is 2.66. The highest BCUT2D eigenvalue weighted by Crippen LogP contribution is 2.30. The number of methoxy groups -OCH3 is 1. The van der Waals surface area contributed by atoms with Gasteiger partial charge < -0.3 is 20.5 Å². The SMILES string of the molecule is CCC1(C(=O)N[C@@H](CCC(=O)OC)C(=O)O)CCCNC1. The van der Waals surface area contributed by atoms with Crippen LogP contribution in [0.25, 0.3) is 0 Å². The van der Waals surface area contributed by atoms with Gasteiger partial charge in [-0.1, -0.05) is 6.92 Å². The van der Waals surface area contributed by atoms with E-state index in [9.17, 15) is 19.5 Å². The van der Waals surface area contributed by atoms with Crippen LogP contribution in [0.5, 0.6) is 0 Å². The molecule has 0 aromatic carbocycles. The topological polar surface area (TPSA) is 105 Å². The summed E-state index contributed by atoms with van der Waals surface area (Å²) in [4.78, 5) is 34.8. The van der Waals surface area contributed by atoms with Gasteiger partial charge in [-0.2, -0.15) is 0 Å². The number of carboxylic acids is 1. The molecule has 0 aromatic heterocycles. The van der Waals surface area contributed by atoms with Crippen LogP contribution < -0.4 is 10.6 Å². The first kappa shape index (κ1) is 17.4. The number of carbonyl (C=O) groups is 3. The molecule has 1 saturated heterocycles. The van der Waals surface area contributed by atoms with Gasteiger partial charge in [0.15, 0.2) is 0 Å². The molecular formula is C14H24N2O5. The molecule has 2 atom stereocenters. The van der Waals surface area contributed by atoms with E-state index in [2.05, 4.69) is 15.4 Å². The van der Waals surface area contributed by atoms with Gasteiger partial charge in [-0.25, -0.2) is 4.79 Å². The highest BCUT2D eigenvalue weighted by molar-refractivity contribution is 5.88. The highest BCUT2D eigenvalue weighted by Gasteiger charge is 2.39. The average Bonchev–Trinajstić information content (AvgIpc) is 2.50. The van der Waals surface area contributed by atoms with Gasteiger partial charge in [-0.15, -0.1) is 0 Å². The molecule has 1 heterocycles. The molecule has 21 heavy (non-hydrogen) atoms. The van der Waals surface area contributed by atoms with Crippen molar-refractivity contribution in [3.63, 3.8) is 0 Å². The van der Waals surface area contributed by atoms with Crippen molar-refractivity contribution in [3.05, 3.63) is 0 Å². The standard InChI is InChI=1S/C14H24N2O5/c1-3-14(7-4-8-15-9-14)13(20)16-10(12(18)19)5-6-11(17)21-2/h10,15H,3-9H2,1-2H3,(H,16,20)(H,18,19)/t10-,14?/m0/s1. The molecule has 0 spiro atoms. The summed E-state index contributed by atoms with van der Waals surface area (Å²) in [5.41, 5.74) is -0.558. The smallest absolute Gasteiger partial charge is 0.326 e. The fraction of sp³-hybridized carbons (Fsp3) is 0.786. The van der Waals surface area contributed by atoms with Crippen molar-refractivity contribution in [1.29, 1.82) is 0 Å². The van der Waals surface area contributed by atoms with Crippen molar-refractivity contribution in [2.24, 2.45) is 5.41 Å². The molecule has 3 N–H and O–H groups in total. The van der Waals surface area contributed by atoms with Crippen molar-refractivity contribution in [1.82, 2.24) is 10.6 Å². The first-order valence-corrected chi connectivity index (χ1v) is 7.26. The van der Waals surface area contributed by atoms with Gasteiger partial charge in [0, 0.05) is 13.0 Å². The second-order valence-electron chi connectivity index (χ2n) is 5.39. The molecule has 0 bridgehead atoms. The van der Waals surface area contributed by atoms with Crippen LogP contribution in [0.15, 0.2) is 0 Å². The lowest BCUT2D eigenvalue weighted by Gasteiger charge is -2.36. The van der Waals surface area contributed by atoms with Crippen LogP contribution in [-0.4, -0.2) is 49.2 Å². The molecule has 0 aromatic rings. The van der Waals surface area contributed by atoms with Crippen molar-refractivity contribution in [3.8, 4) is 0 Å². The third-order valence-corrected chi connectivity index (χ3v) is 4.10. The van der Waals surface area contributed by atoms with E-state index in [4.69, 9.17) is 0 Å². The van der Waals surface area contributed by atoms with Gasteiger partial charge in [-0.05, 0) is 32.2 Å². The predicted octanol–water partition coefficient (Wildman–Crippen LogP) is 0.289. The Morgan fingerprint density at radius 3 is 2.62 bits per heavy atom. The van der Waals surface area contributed by atoms with Gasteiger partial charge in [0.1, 0.15) is 6.04 Å². The van der Waals surface area contributed by atoms with Crippen LogP contribution in [0.4, 0.5) is 0 Å². The number of rotatable bonds is 7. The molecule has 0 radical (unpaired) electrons. The first-order chi connectivity index (χ1) is 9.95. The lowest BCUT2D eigenvalue weighted by Crippen LogP contribution is -2.54. The quantitative estimate of drug-likeness (QED) is 0.584. The summed E-state index contributed by atoms with van der Waals surface area (Å²) in [5, 5.41) is 14.9. The van der Waals surface area contributed by atoms with Gasteiger partial charge in [-0.3, -0.25) is 9.59 Å². The van der Waals surface area contributed by atoms with Gasteiger partial charge in [0.05, 0.1) is 12.5 Å². The second-order valence-corrected chi connectivity index (χ2v) is 5.39. The summed E-state index contributed by atoms with van der Waals surface area (Å²) in [5.74, 6) is -1.88. The van der Waals surface area contributed by atoms with Crippen molar-refractivity contribution >= 4 is 17.8 Å². The van der Waals surface area contributed by atoms with Crippen LogP contribution in [0.3, 0.4) is 0 Å². The highest BCUT2D eigenvalue weighted by atomic mass is 16.5. The number of hydrogen-bond acceptors (Lipinski definition) is 5.